The fourth-order valence-electron chi connectivity index (χ4n) is 3.82. The summed E-state index contributed by atoms with van der Waals surface area (Å²) in [5.41, 5.74) is 0.792. The SMILES string of the molecule is COc1cc(OC)cc([C@@H]2[C@H](S(=O)(=O)NC3CCCCC3)CON2C)c1. The highest BCUT2D eigenvalue weighted by atomic mass is 32.2. The van der Waals surface area contributed by atoms with Gasteiger partial charge in [0.2, 0.25) is 10.0 Å². The zero-order valence-corrected chi connectivity index (χ0v) is 16.4. The van der Waals surface area contributed by atoms with Gasteiger partial charge in [0.15, 0.2) is 0 Å². The first-order valence-corrected chi connectivity index (χ1v) is 10.6. The van der Waals surface area contributed by atoms with Crippen LogP contribution in [0.3, 0.4) is 0 Å². The van der Waals surface area contributed by atoms with Crippen molar-refractivity contribution in [2.75, 3.05) is 27.9 Å². The van der Waals surface area contributed by atoms with Crippen molar-refractivity contribution < 1.29 is 22.7 Å². The van der Waals surface area contributed by atoms with Crippen molar-refractivity contribution in [1.29, 1.82) is 0 Å². The van der Waals surface area contributed by atoms with Crippen LogP contribution in [-0.4, -0.2) is 52.6 Å². The van der Waals surface area contributed by atoms with E-state index in [4.69, 9.17) is 14.3 Å². The Balaban J connectivity index is 1.87. The minimum atomic E-state index is -3.53. The van der Waals surface area contributed by atoms with Crippen LogP contribution in [-0.2, 0) is 14.9 Å². The smallest absolute Gasteiger partial charge is 0.219 e. The lowest BCUT2D eigenvalue weighted by Crippen LogP contribution is -2.44. The highest BCUT2D eigenvalue weighted by molar-refractivity contribution is 7.90. The maximum Gasteiger partial charge on any atom is 0.219 e. The van der Waals surface area contributed by atoms with Crippen molar-refractivity contribution in [2.24, 2.45) is 0 Å². The first kappa shape index (κ1) is 19.4. The van der Waals surface area contributed by atoms with E-state index >= 15 is 0 Å². The fraction of sp³-hybridized carbons (Fsp3) is 0.667. The second kappa shape index (κ2) is 8.12. The summed E-state index contributed by atoms with van der Waals surface area (Å²) in [5.74, 6) is 1.24. The lowest BCUT2D eigenvalue weighted by atomic mass is 9.96. The Morgan fingerprint density at radius 1 is 1.08 bits per heavy atom. The van der Waals surface area contributed by atoms with E-state index in [0.717, 1.165) is 31.2 Å². The predicted octanol–water partition coefficient (Wildman–Crippen LogP) is 2.24. The lowest BCUT2D eigenvalue weighted by molar-refractivity contribution is -0.110. The van der Waals surface area contributed by atoms with E-state index in [1.807, 2.05) is 12.1 Å². The second-order valence-electron chi connectivity index (χ2n) is 6.97. The molecule has 1 N–H and O–H groups in total. The molecule has 7 nitrogen and oxygen atoms in total. The van der Waals surface area contributed by atoms with Crippen LogP contribution >= 0.6 is 0 Å². The molecule has 1 aliphatic heterocycles. The van der Waals surface area contributed by atoms with Crippen molar-refractivity contribution >= 4 is 10.0 Å². The van der Waals surface area contributed by atoms with Crippen LogP contribution in [0.4, 0.5) is 0 Å². The van der Waals surface area contributed by atoms with E-state index in [1.165, 1.54) is 6.42 Å². The summed E-state index contributed by atoms with van der Waals surface area (Å²) in [4.78, 5) is 5.59. The van der Waals surface area contributed by atoms with E-state index in [9.17, 15) is 8.42 Å². The molecular formula is C18H28N2O5S. The number of nitrogens with one attached hydrogen (secondary N) is 1. The summed E-state index contributed by atoms with van der Waals surface area (Å²) >= 11 is 0. The number of benzene rings is 1. The molecule has 2 aliphatic rings. The van der Waals surface area contributed by atoms with Crippen LogP contribution in [0.25, 0.3) is 0 Å². The minimum absolute atomic E-state index is 0.0279. The van der Waals surface area contributed by atoms with Gasteiger partial charge in [-0.15, -0.1) is 0 Å². The zero-order chi connectivity index (χ0) is 18.7. The van der Waals surface area contributed by atoms with E-state index < -0.39 is 21.3 Å². The number of hydroxylamine groups is 2. The highest BCUT2D eigenvalue weighted by Crippen LogP contribution is 2.37. The molecule has 8 heteroatoms. The van der Waals surface area contributed by atoms with E-state index in [1.54, 1.807) is 32.4 Å². The average molecular weight is 384 g/mol. The van der Waals surface area contributed by atoms with Crippen LogP contribution in [0.2, 0.25) is 0 Å². The molecule has 26 heavy (non-hydrogen) atoms. The van der Waals surface area contributed by atoms with Gasteiger partial charge in [-0.25, -0.2) is 13.1 Å². The molecule has 1 saturated carbocycles. The number of ether oxygens (including phenoxy) is 2. The maximum atomic E-state index is 13.1. The summed E-state index contributed by atoms with van der Waals surface area (Å²) in [6.07, 6.45) is 5.13. The Morgan fingerprint density at radius 3 is 2.27 bits per heavy atom. The Morgan fingerprint density at radius 2 is 1.69 bits per heavy atom. The molecule has 0 aromatic heterocycles. The van der Waals surface area contributed by atoms with Crippen molar-refractivity contribution in [1.82, 2.24) is 9.79 Å². The Hall–Kier alpha value is -1.35. The van der Waals surface area contributed by atoms with Gasteiger partial charge in [-0.2, -0.15) is 5.06 Å². The largest absolute Gasteiger partial charge is 0.497 e. The van der Waals surface area contributed by atoms with Crippen molar-refractivity contribution in [3.8, 4) is 11.5 Å². The molecule has 0 amide bonds. The summed E-state index contributed by atoms with van der Waals surface area (Å²) < 4.78 is 39.7. The van der Waals surface area contributed by atoms with E-state index in [2.05, 4.69) is 4.72 Å². The molecule has 0 spiro atoms. The Labute approximate surface area is 155 Å². The first-order valence-electron chi connectivity index (χ1n) is 9.04. The highest BCUT2D eigenvalue weighted by Gasteiger charge is 2.44. The van der Waals surface area contributed by atoms with Gasteiger partial charge in [-0.3, -0.25) is 4.84 Å². The van der Waals surface area contributed by atoms with Crippen LogP contribution < -0.4 is 14.2 Å². The van der Waals surface area contributed by atoms with Gasteiger partial charge in [-0.1, -0.05) is 19.3 Å². The van der Waals surface area contributed by atoms with Crippen LogP contribution in [0.5, 0.6) is 11.5 Å². The number of hydrogen-bond donors (Lipinski definition) is 1. The van der Waals surface area contributed by atoms with Crippen LogP contribution in [0.1, 0.15) is 43.7 Å². The number of methoxy groups -OCH3 is 2. The standard InChI is InChI=1S/C18H28N2O5S/c1-20-18(13-9-15(23-2)11-16(10-13)24-3)17(12-25-20)26(21,22)19-14-7-5-4-6-8-14/h9-11,14,17-19H,4-8,12H2,1-3H3/t17-,18-/m1/s1. The Kier molecular flexibility index (Phi) is 6.06. The predicted molar refractivity (Wildman–Crippen MR) is 98.7 cm³/mol. The van der Waals surface area contributed by atoms with Gasteiger partial charge in [0.05, 0.1) is 26.9 Å². The second-order valence-corrected chi connectivity index (χ2v) is 8.90. The third kappa shape index (κ3) is 4.14. The summed E-state index contributed by atoms with van der Waals surface area (Å²) in [5, 5.41) is 0.921. The molecule has 1 aromatic carbocycles. The number of sulfonamides is 1. The van der Waals surface area contributed by atoms with Gasteiger partial charge < -0.3 is 9.47 Å². The molecule has 1 aromatic rings. The average Bonchev–Trinajstić information content (AvgIpc) is 3.04. The molecule has 0 radical (unpaired) electrons. The summed E-state index contributed by atoms with van der Waals surface area (Å²) in [6, 6.07) is 5.03. The molecule has 1 heterocycles. The fourth-order valence-corrected chi connectivity index (χ4v) is 5.60. The summed E-state index contributed by atoms with van der Waals surface area (Å²) in [7, 11) is 1.38. The molecule has 3 rings (SSSR count). The van der Waals surface area contributed by atoms with Gasteiger partial charge >= 0.3 is 0 Å². The van der Waals surface area contributed by atoms with Crippen molar-refractivity contribution in [3.63, 3.8) is 0 Å². The molecule has 1 saturated heterocycles. The van der Waals surface area contributed by atoms with Crippen molar-refractivity contribution in [3.05, 3.63) is 23.8 Å². The van der Waals surface area contributed by atoms with Crippen molar-refractivity contribution in [2.45, 2.75) is 49.4 Å². The van der Waals surface area contributed by atoms with Gasteiger partial charge in [-0.05, 0) is 30.5 Å². The lowest BCUT2D eigenvalue weighted by Gasteiger charge is -2.27. The molecule has 2 fully saturated rings. The summed E-state index contributed by atoms with van der Waals surface area (Å²) in [6.45, 7) is 0.128. The number of nitrogens with zero attached hydrogens (tertiary/aromatic N) is 1. The normalized spacial score (nSPS) is 25.3. The first-order chi connectivity index (χ1) is 12.4. The van der Waals surface area contributed by atoms with Gasteiger partial charge in [0.25, 0.3) is 0 Å². The molecule has 0 unspecified atom stereocenters. The molecule has 2 atom stereocenters. The van der Waals surface area contributed by atoms with E-state index in [0.29, 0.717) is 11.5 Å². The molecule has 0 bridgehead atoms. The minimum Gasteiger partial charge on any atom is -0.497 e. The number of hydrogen-bond acceptors (Lipinski definition) is 6. The van der Waals surface area contributed by atoms with Gasteiger partial charge in [0, 0.05) is 19.2 Å². The topological polar surface area (TPSA) is 77.1 Å². The molecule has 146 valence electrons. The quantitative estimate of drug-likeness (QED) is 0.811. The third-order valence-corrected chi connectivity index (χ3v) is 7.09. The van der Waals surface area contributed by atoms with Gasteiger partial charge in [0.1, 0.15) is 16.7 Å². The molecular weight excluding hydrogens is 356 g/mol. The van der Waals surface area contributed by atoms with Crippen LogP contribution in [0.15, 0.2) is 18.2 Å². The van der Waals surface area contributed by atoms with Crippen LogP contribution in [0, 0.1) is 0 Å². The molecule has 1 aliphatic carbocycles. The third-order valence-electron chi connectivity index (χ3n) is 5.24. The Bertz CT molecular complexity index is 696. The zero-order valence-electron chi connectivity index (χ0n) is 15.6. The van der Waals surface area contributed by atoms with E-state index in [-0.39, 0.29) is 12.6 Å². The maximum absolute atomic E-state index is 13.1. The number of rotatable bonds is 6. The monoisotopic (exact) mass is 384 g/mol.